The molecule has 3 atom stereocenters. The fourth-order valence-corrected chi connectivity index (χ4v) is 4.58. The summed E-state index contributed by atoms with van der Waals surface area (Å²) in [5.41, 5.74) is 1.79. The normalized spacial score (nSPS) is 22.9. The molecule has 2 aromatic carbocycles. The Hall–Kier alpha value is -3.28. The Morgan fingerprint density at radius 2 is 1.74 bits per heavy atom. The molecule has 2 aliphatic rings. The molecule has 4 rings (SSSR count). The third-order valence-electron chi connectivity index (χ3n) is 6.24. The van der Waals surface area contributed by atoms with Gasteiger partial charge in [0.25, 0.3) is 0 Å². The molecule has 1 saturated heterocycles. The zero-order valence-corrected chi connectivity index (χ0v) is 17.9. The van der Waals surface area contributed by atoms with E-state index in [0.717, 1.165) is 18.4 Å². The highest BCUT2D eigenvalue weighted by molar-refractivity contribution is 6.22. The Balaban J connectivity index is 1.59. The lowest BCUT2D eigenvalue weighted by Gasteiger charge is -2.25. The van der Waals surface area contributed by atoms with E-state index in [1.165, 1.54) is 17.9 Å². The number of imide groups is 1. The highest BCUT2D eigenvalue weighted by atomic mass is 16.5. The van der Waals surface area contributed by atoms with Gasteiger partial charge in [0, 0.05) is 0 Å². The number of anilines is 1. The van der Waals surface area contributed by atoms with Gasteiger partial charge in [-0.1, -0.05) is 24.6 Å². The lowest BCUT2D eigenvalue weighted by Crippen LogP contribution is -2.31. The van der Waals surface area contributed by atoms with Gasteiger partial charge in [0.2, 0.25) is 11.8 Å². The Morgan fingerprint density at radius 3 is 2.48 bits per heavy atom. The maximum Gasteiger partial charge on any atom is 0.343 e. The molecule has 0 N–H and O–H groups in total. The van der Waals surface area contributed by atoms with Gasteiger partial charge in [-0.25, -0.2) is 4.79 Å². The van der Waals surface area contributed by atoms with Crippen LogP contribution in [0.1, 0.15) is 59.4 Å². The van der Waals surface area contributed by atoms with E-state index in [2.05, 4.69) is 6.92 Å². The molecule has 31 heavy (non-hydrogen) atoms. The smallest absolute Gasteiger partial charge is 0.343 e. The van der Waals surface area contributed by atoms with Gasteiger partial charge in [0.15, 0.2) is 5.78 Å². The quantitative estimate of drug-likeness (QED) is 0.319. The van der Waals surface area contributed by atoms with Crippen LogP contribution >= 0.6 is 0 Å². The van der Waals surface area contributed by atoms with E-state index < -0.39 is 5.97 Å². The monoisotopic (exact) mass is 419 g/mol. The molecule has 0 bridgehead atoms. The topological polar surface area (TPSA) is 80.8 Å². The lowest BCUT2D eigenvalue weighted by atomic mass is 9.76. The molecule has 1 aliphatic carbocycles. The number of benzene rings is 2. The van der Waals surface area contributed by atoms with Crippen molar-refractivity contribution < 1.29 is 23.9 Å². The number of fused-ring (bicyclic) bond motifs is 1. The molecule has 1 saturated carbocycles. The number of hydrogen-bond acceptors (Lipinski definition) is 5. The van der Waals surface area contributed by atoms with Gasteiger partial charge >= 0.3 is 5.97 Å². The molecule has 1 aliphatic heterocycles. The van der Waals surface area contributed by atoms with Crippen LogP contribution in [0.25, 0.3) is 0 Å². The fraction of sp³-hybridized carbons (Fsp3) is 0.360. The summed E-state index contributed by atoms with van der Waals surface area (Å²) in [6, 6.07) is 11.4. The second-order valence-corrected chi connectivity index (χ2v) is 8.64. The lowest BCUT2D eigenvalue weighted by molar-refractivity contribution is -0.122. The van der Waals surface area contributed by atoms with Crippen LogP contribution in [0.15, 0.2) is 42.5 Å². The molecule has 160 valence electrons. The van der Waals surface area contributed by atoms with Gasteiger partial charge in [-0.05, 0) is 69.4 Å². The molecule has 6 heteroatoms. The number of carbonyl (C=O) groups is 4. The SMILES string of the molecule is CC(=O)c1cc(C)ccc1OC(=O)c1cccc(N2C(=O)[C@H]3CC[C@@H](C)C[C@@H]3C2=O)c1. The molecule has 1 heterocycles. The third-order valence-corrected chi connectivity index (χ3v) is 6.24. The van der Waals surface area contributed by atoms with Crippen LogP contribution in [0, 0.1) is 24.7 Å². The van der Waals surface area contributed by atoms with Gasteiger partial charge in [-0.2, -0.15) is 0 Å². The van der Waals surface area contributed by atoms with Gasteiger partial charge in [0.1, 0.15) is 5.75 Å². The summed E-state index contributed by atoms with van der Waals surface area (Å²) in [6.07, 6.45) is 2.38. The number of ether oxygens (including phenoxy) is 1. The summed E-state index contributed by atoms with van der Waals surface area (Å²) in [5, 5.41) is 0. The predicted molar refractivity (Wildman–Crippen MR) is 115 cm³/mol. The Bertz CT molecular complexity index is 1090. The number of nitrogens with zero attached hydrogens (tertiary/aromatic N) is 1. The summed E-state index contributed by atoms with van der Waals surface area (Å²) >= 11 is 0. The van der Waals surface area contributed by atoms with Crippen molar-refractivity contribution in [2.24, 2.45) is 17.8 Å². The largest absolute Gasteiger partial charge is 0.422 e. The number of Topliss-reactive ketones (excluding diaryl/α,β-unsaturated/α-hetero) is 1. The first-order chi connectivity index (χ1) is 14.8. The van der Waals surface area contributed by atoms with Crippen molar-refractivity contribution in [1.82, 2.24) is 0 Å². The van der Waals surface area contributed by atoms with E-state index in [-0.39, 0.29) is 40.7 Å². The maximum atomic E-state index is 13.0. The maximum absolute atomic E-state index is 13.0. The zero-order valence-electron chi connectivity index (χ0n) is 17.9. The molecule has 0 spiro atoms. The van der Waals surface area contributed by atoms with Crippen LogP contribution in [0.4, 0.5) is 5.69 Å². The second kappa shape index (κ2) is 8.10. The van der Waals surface area contributed by atoms with E-state index in [4.69, 9.17) is 4.74 Å². The summed E-state index contributed by atoms with van der Waals surface area (Å²) in [7, 11) is 0. The first kappa shape index (κ1) is 21.0. The number of rotatable bonds is 4. The number of hydrogen-bond donors (Lipinski definition) is 0. The Kier molecular flexibility index (Phi) is 5.48. The summed E-state index contributed by atoms with van der Waals surface area (Å²) in [5.74, 6) is -1.19. The molecule has 6 nitrogen and oxygen atoms in total. The van der Waals surface area contributed by atoms with Gasteiger partial charge in [0.05, 0.1) is 28.7 Å². The number of carbonyl (C=O) groups excluding carboxylic acids is 4. The number of aryl methyl sites for hydroxylation is 1. The fourth-order valence-electron chi connectivity index (χ4n) is 4.58. The summed E-state index contributed by atoms with van der Waals surface area (Å²) in [4.78, 5) is 51.8. The van der Waals surface area contributed by atoms with Crippen molar-refractivity contribution in [3.05, 3.63) is 59.2 Å². The van der Waals surface area contributed by atoms with Crippen LogP contribution in [-0.4, -0.2) is 23.6 Å². The van der Waals surface area contributed by atoms with Gasteiger partial charge < -0.3 is 4.74 Å². The average Bonchev–Trinajstić information content (AvgIpc) is 2.98. The van der Waals surface area contributed by atoms with E-state index >= 15 is 0 Å². The molecule has 0 radical (unpaired) electrons. The molecule has 2 fully saturated rings. The van der Waals surface area contributed by atoms with Gasteiger partial charge in [-0.3, -0.25) is 19.3 Å². The van der Waals surface area contributed by atoms with Crippen LogP contribution in [0.3, 0.4) is 0 Å². The molecule has 0 unspecified atom stereocenters. The van der Waals surface area contributed by atoms with Crippen molar-refractivity contribution >= 4 is 29.3 Å². The van der Waals surface area contributed by atoms with Crippen molar-refractivity contribution in [2.45, 2.75) is 40.0 Å². The van der Waals surface area contributed by atoms with E-state index in [0.29, 0.717) is 23.6 Å². The first-order valence-corrected chi connectivity index (χ1v) is 10.6. The molecule has 2 aromatic rings. The Labute approximate surface area is 181 Å². The van der Waals surface area contributed by atoms with E-state index in [1.807, 2.05) is 6.92 Å². The standard InChI is InChI=1S/C25H25NO5/c1-14-7-9-19-21(12-14)24(29)26(23(19)28)18-6-4-5-17(13-18)25(30)31-22-10-8-15(2)11-20(22)16(3)27/h4-6,8,10-11,13-14,19,21H,7,9,12H2,1-3H3/t14-,19+,21+/m1/s1. The van der Waals surface area contributed by atoms with Crippen molar-refractivity contribution in [3.8, 4) is 5.75 Å². The summed E-state index contributed by atoms with van der Waals surface area (Å²) in [6.45, 7) is 5.37. The predicted octanol–water partition coefficient (Wildman–Crippen LogP) is 4.34. The summed E-state index contributed by atoms with van der Waals surface area (Å²) < 4.78 is 5.48. The first-order valence-electron chi connectivity index (χ1n) is 10.6. The third kappa shape index (κ3) is 3.90. The van der Waals surface area contributed by atoms with Crippen LogP contribution in [0.2, 0.25) is 0 Å². The molecule has 0 aromatic heterocycles. The van der Waals surface area contributed by atoms with Crippen LogP contribution in [0.5, 0.6) is 5.75 Å². The minimum absolute atomic E-state index is 0.182. The molecular formula is C25H25NO5. The molecule has 2 amide bonds. The molecular weight excluding hydrogens is 394 g/mol. The minimum atomic E-state index is -0.654. The zero-order chi connectivity index (χ0) is 22.3. The number of amides is 2. The Morgan fingerprint density at radius 1 is 1.00 bits per heavy atom. The van der Waals surface area contributed by atoms with Crippen LogP contribution in [-0.2, 0) is 9.59 Å². The van der Waals surface area contributed by atoms with Gasteiger partial charge in [-0.15, -0.1) is 0 Å². The average molecular weight is 419 g/mol. The van der Waals surface area contributed by atoms with Crippen LogP contribution < -0.4 is 9.64 Å². The van der Waals surface area contributed by atoms with E-state index in [1.54, 1.807) is 36.4 Å². The number of ketones is 1. The van der Waals surface area contributed by atoms with Crippen molar-refractivity contribution in [2.75, 3.05) is 4.90 Å². The van der Waals surface area contributed by atoms with Crippen molar-refractivity contribution in [3.63, 3.8) is 0 Å². The highest BCUT2D eigenvalue weighted by Crippen LogP contribution is 2.42. The minimum Gasteiger partial charge on any atom is -0.422 e. The highest BCUT2D eigenvalue weighted by Gasteiger charge is 2.50. The number of esters is 1. The second-order valence-electron chi connectivity index (χ2n) is 8.64. The van der Waals surface area contributed by atoms with E-state index in [9.17, 15) is 19.2 Å². The van der Waals surface area contributed by atoms with Crippen molar-refractivity contribution in [1.29, 1.82) is 0 Å².